The summed E-state index contributed by atoms with van der Waals surface area (Å²) in [6.45, 7) is 0.856. The van der Waals surface area contributed by atoms with Crippen LogP contribution in [0.4, 0.5) is 0 Å². The van der Waals surface area contributed by atoms with Gasteiger partial charge in [-0.2, -0.15) is 0 Å². The van der Waals surface area contributed by atoms with Crippen LogP contribution in [0.5, 0.6) is 0 Å². The first-order chi connectivity index (χ1) is 19.3. The van der Waals surface area contributed by atoms with Crippen molar-refractivity contribution in [1.29, 1.82) is 0 Å². The van der Waals surface area contributed by atoms with Crippen molar-refractivity contribution < 1.29 is 0 Å². The van der Waals surface area contributed by atoms with Gasteiger partial charge in [-0.25, -0.2) is 0 Å². The zero-order valence-corrected chi connectivity index (χ0v) is 22.3. The van der Waals surface area contributed by atoms with Crippen molar-refractivity contribution >= 4 is 0 Å². The Bertz CT molecular complexity index is 1360. The molecule has 0 unspecified atom stereocenters. The first kappa shape index (κ1) is 25.2. The molecule has 0 aliphatic heterocycles. The molecule has 5 aromatic rings. The Morgan fingerprint density at radius 2 is 1.23 bits per heavy atom. The maximum atomic E-state index is 5.06. The van der Waals surface area contributed by atoms with Crippen molar-refractivity contribution in [2.24, 2.45) is 0 Å². The summed E-state index contributed by atoms with van der Waals surface area (Å²) in [5.74, 6) is 0.624. The van der Waals surface area contributed by atoms with E-state index in [4.69, 9.17) is 10.3 Å². The maximum absolute atomic E-state index is 5.06. The SMILES string of the molecule is c1ccc(C(c2ccccc2)(c2ccccc2)n2nnc(-c3cccc(CNC4CCCCCC4)c3)n2)cc1. The maximum Gasteiger partial charge on any atom is 0.204 e. The van der Waals surface area contributed by atoms with E-state index < -0.39 is 5.54 Å². The first-order valence-electron chi connectivity index (χ1n) is 14.1. The van der Waals surface area contributed by atoms with Gasteiger partial charge in [0.1, 0.15) is 0 Å². The summed E-state index contributed by atoms with van der Waals surface area (Å²) >= 11 is 0. The van der Waals surface area contributed by atoms with Gasteiger partial charge in [0, 0.05) is 18.2 Å². The lowest BCUT2D eigenvalue weighted by atomic mass is 9.77. The molecule has 1 heterocycles. The third-order valence-corrected chi connectivity index (χ3v) is 7.92. The average Bonchev–Trinajstić information content (AvgIpc) is 3.35. The Morgan fingerprint density at radius 1 is 0.667 bits per heavy atom. The Labute approximate surface area is 230 Å². The van der Waals surface area contributed by atoms with E-state index in [1.807, 2.05) is 18.2 Å². The zero-order chi connectivity index (χ0) is 26.3. The fourth-order valence-corrected chi connectivity index (χ4v) is 5.92. The predicted octanol–water partition coefficient (Wildman–Crippen LogP) is 6.99. The van der Waals surface area contributed by atoms with E-state index >= 15 is 0 Å². The van der Waals surface area contributed by atoms with Crippen LogP contribution in [-0.4, -0.2) is 26.2 Å². The Morgan fingerprint density at radius 3 is 1.79 bits per heavy atom. The van der Waals surface area contributed by atoms with Gasteiger partial charge in [0.25, 0.3) is 0 Å². The standard InChI is InChI=1S/C34H35N5/c1-2-13-24-32(23-12-1)35-26-27-15-14-16-28(25-27)33-36-38-39(37-33)34(29-17-6-3-7-18-29,30-19-8-4-9-20-30)31-21-10-5-11-22-31/h3-11,14-22,25,32,35H,1-2,12-13,23-24,26H2. The number of benzene rings is 4. The fraction of sp³-hybridized carbons (Fsp3) is 0.265. The van der Waals surface area contributed by atoms with E-state index in [0.29, 0.717) is 11.9 Å². The third kappa shape index (κ3) is 5.27. The summed E-state index contributed by atoms with van der Waals surface area (Å²) < 4.78 is 0. The van der Waals surface area contributed by atoms with Crippen molar-refractivity contribution in [3.63, 3.8) is 0 Å². The molecule has 0 radical (unpaired) electrons. The number of rotatable bonds is 8. The van der Waals surface area contributed by atoms with E-state index in [9.17, 15) is 0 Å². The quantitative estimate of drug-likeness (QED) is 0.179. The highest BCUT2D eigenvalue weighted by atomic mass is 15.6. The second kappa shape index (κ2) is 11.7. The number of nitrogens with one attached hydrogen (secondary N) is 1. The predicted molar refractivity (Wildman–Crippen MR) is 156 cm³/mol. The van der Waals surface area contributed by atoms with E-state index in [0.717, 1.165) is 28.8 Å². The van der Waals surface area contributed by atoms with Crippen molar-refractivity contribution in [3.05, 3.63) is 138 Å². The minimum Gasteiger partial charge on any atom is -0.310 e. The molecule has 0 saturated heterocycles. The average molecular weight is 514 g/mol. The van der Waals surface area contributed by atoms with Gasteiger partial charge in [0.15, 0.2) is 5.54 Å². The van der Waals surface area contributed by atoms with Gasteiger partial charge >= 0.3 is 0 Å². The van der Waals surface area contributed by atoms with Crippen LogP contribution >= 0.6 is 0 Å². The molecule has 1 fully saturated rings. The van der Waals surface area contributed by atoms with Crippen molar-refractivity contribution in [2.45, 2.75) is 56.7 Å². The van der Waals surface area contributed by atoms with Gasteiger partial charge in [-0.3, -0.25) is 0 Å². The zero-order valence-electron chi connectivity index (χ0n) is 22.3. The van der Waals surface area contributed by atoms with Gasteiger partial charge in [-0.15, -0.1) is 15.0 Å². The molecule has 39 heavy (non-hydrogen) atoms. The smallest absolute Gasteiger partial charge is 0.204 e. The van der Waals surface area contributed by atoms with Crippen molar-refractivity contribution in [3.8, 4) is 11.4 Å². The van der Waals surface area contributed by atoms with Gasteiger partial charge in [0.05, 0.1) is 0 Å². The molecular weight excluding hydrogens is 478 g/mol. The molecule has 4 aromatic carbocycles. The highest BCUT2D eigenvalue weighted by molar-refractivity contribution is 5.56. The fourth-order valence-electron chi connectivity index (χ4n) is 5.92. The molecule has 1 aliphatic carbocycles. The van der Waals surface area contributed by atoms with E-state index in [2.05, 4.69) is 107 Å². The summed E-state index contributed by atoms with van der Waals surface area (Å²) in [4.78, 5) is 1.79. The largest absolute Gasteiger partial charge is 0.310 e. The topological polar surface area (TPSA) is 55.6 Å². The van der Waals surface area contributed by atoms with E-state index in [-0.39, 0.29) is 0 Å². The third-order valence-electron chi connectivity index (χ3n) is 7.92. The number of aromatic nitrogens is 4. The molecule has 6 rings (SSSR count). The summed E-state index contributed by atoms with van der Waals surface area (Å²) in [6.07, 6.45) is 7.94. The van der Waals surface area contributed by atoms with Crippen molar-refractivity contribution in [2.75, 3.05) is 0 Å². The molecule has 1 aromatic heterocycles. The van der Waals surface area contributed by atoms with Crippen molar-refractivity contribution in [1.82, 2.24) is 25.5 Å². The van der Waals surface area contributed by atoms with E-state index in [1.165, 1.54) is 44.1 Å². The van der Waals surface area contributed by atoms with Crippen LogP contribution in [-0.2, 0) is 12.1 Å². The second-order valence-electron chi connectivity index (χ2n) is 10.5. The van der Waals surface area contributed by atoms with Gasteiger partial charge in [-0.1, -0.05) is 135 Å². The summed E-state index contributed by atoms with van der Waals surface area (Å²) in [5, 5.41) is 18.2. The molecule has 196 valence electrons. The number of hydrogen-bond acceptors (Lipinski definition) is 4. The molecule has 5 nitrogen and oxygen atoms in total. The van der Waals surface area contributed by atoms with Crippen LogP contribution in [0.2, 0.25) is 0 Å². The molecule has 1 saturated carbocycles. The van der Waals surface area contributed by atoms with Crippen LogP contribution in [0.3, 0.4) is 0 Å². The van der Waals surface area contributed by atoms with Gasteiger partial charge < -0.3 is 5.32 Å². The van der Waals surface area contributed by atoms with Crippen LogP contribution < -0.4 is 5.32 Å². The van der Waals surface area contributed by atoms with Crippen LogP contribution in [0.15, 0.2) is 115 Å². The lowest BCUT2D eigenvalue weighted by Crippen LogP contribution is -2.39. The Balaban J connectivity index is 1.39. The van der Waals surface area contributed by atoms with Gasteiger partial charge in [-0.05, 0) is 46.4 Å². The molecule has 0 atom stereocenters. The number of tetrazole rings is 1. The van der Waals surface area contributed by atoms with Gasteiger partial charge in [0.2, 0.25) is 5.82 Å². The molecule has 0 spiro atoms. The molecule has 1 N–H and O–H groups in total. The minimum atomic E-state index is -0.770. The van der Waals surface area contributed by atoms with Crippen LogP contribution in [0.25, 0.3) is 11.4 Å². The number of hydrogen-bond donors (Lipinski definition) is 1. The summed E-state index contributed by atoms with van der Waals surface area (Å²) in [7, 11) is 0. The Kier molecular flexibility index (Phi) is 7.59. The monoisotopic (exact) mass is 513 g/mol. The molecular formula is C34H35N5. The highest BCUT2D eigenvalue weighted by Crippen LogP contribution is 2.39. The lowest BCUT2D eigenvalue weighted by molar-refractivity contribution is 0.396. The molecule has 5 heteroatoms. The minimum absolute atomic E-state index is 0.610. The van der Waals surface area contributed by atoms with Crippen LogP contribution in [0, 0.1) is 0 Å². The lowest BCUT2D eigenvalue weighted by Gasteiger charge is -2.34. The van der Waals surface area contributed by atoms with E-state index in [1.54, 1.807) is 4.80 Å². The first-order valence-corrected chi connectivity index (χ1v) is 14.1. The Hall–Kier alpha value is -4.09. The van der Waals surface area contributed by atoms with Crippen LogP contribution in [0.1, 0.15) is 60.8 Å². The summed E-state index contributed by atoms with van der Waals surface area (Å²) in [5.41, 5.74) is 4.68. The highest BCUT2D eigenvalue weighted by Gasteiger charge is 2.41. The molecule has 1 aliphatic rings. The number of nitrogens with zero attached hydrogens (tertiary/aromatic N) is 4. The molecule has 0 amide bonds. The second-order valence-corrected chi connectivity index (χ2v) is 10.5. The molecule has 0 bridgehead atoms. The summed E-state index contributed by atoms with van der Waals surface area (Å²) in [6, 6.07) is 40.5. The normalized spacial score (nSPS) is 14.7.